The summed E-state index contributed by atoms with van der Waals surface area (Å²) in [6, 6.07) is 15.8. The van der Waals surface area contributed by atoms with E-state index in [2.05, 4.69) is 44.4 Å². The van der Waals surface area contributed by atoms with Crippen LogP contribution in [0.1, 0.15) is 29.9 Å². The molecule has 8 heteroatoms. The van der Waals surface area contributed by atoms with Gasteiger partial charge in [0.2, 0.25) is 5.91 Å². The molecule has 36 heavy (non-hydrogen) atoms. The van der Waals surface area contributed by atoms with E-state index in [-0.39, 0.29) is 24.8 Å². The van der Waals surface area contributed by atoms with Crippen molar-refractivity contribution in [3.05, 3.63) is 65.9 Å². The van der Waals surface area contributed by atoms with E-state index >= 15 is 0 Å². The smallest absolute Gasteiger partial charge is 0.356 e. The summed E-state index contributed by atoms with van der Waals surface area (Å²) in [4.78, 5) is 33.2. The van der Waals surface area contributed by atoms with Gasteiger partial charge in [-0.3, -0.25) is 14.6 Å². The number of hydrogen-bond acceptors (Lipinski definition) is 6. The van der Waals surface area contributed by atoms with Crippen LogP contribution in [0.5, 0.6) is 5.75 Å². The normalized spacial score (nSPS) is 14.8. The fourth-order valence-electron chi connectivity index (χ4n) is 4.33. The summed E-state index contributed by atoms with van der Waals surface area (Å²) in [5, 5.41) is 3.68. The number of piperazine rings is 1. The molecule has 0 spiro atoms. The second kappa shape index (κ2) is 12.4. The van der Waals surface area contributed by atoms with E-state index in [4.69, 9.17) is 9.47 Å². The molecular formula is C28H34N4O4. The third-order valence-corrected chi connectivity index (χ3v) is 6.13. The Morgan fingerprint density at radius 3 is 2.47 bits per heavy atom. The highest BCUT2D eigenvalue weighted by Gasteiger charge is 2.23. The molecule has 1 aromatic heterocycles. The first-order valence-electron chi connectivity index (χ1n) is 12.5. The van der Waals surface area contributed by atoms with Gasteiger partial charge >= 0.3 is 5.97 Å². The molecule has 0 unspecified atom stereocenters. The van der Waals surface area contributed by atoms with Crippen molar-refractivity contribution in [3.63, 3.8) is 0 Å². The predicted molar refractivity (Wildman–Crippen MR) is 142 cm³/mol. The molecule has 1 saturated heterocycles. The molecule has 1 aliphatic rings. The monoisotopic (exact) mass is 490 g/mol. The molecule has 0 atom stereocenters. The average molecular weight is 491 g/mol. The van der Waals surface area contributed by atoms with E-state index in [0.29, 0.717) is 23.4 Å². The number of fused-ring (bicyclic) bond motifs is 1. The van der Waals surface area contributed by atoms with E-state index in [9.17, 15) is 9.59 Å². The van der Waals surface area contributed by atoms with Crippen molar-refractivity contribution in [1.82, 2.24) is 14.8 Å². The lowest BCUT2D eigenvalue weighted by molar-refractivity contribution is -0.117. The summed E-state index contributed by atoms with van der Waals surface area (Å²) in [7, 11) is 0. The number of aromatic nitrogens is 1. The number of nitrogens with one attached hydrogen (secondary N) is 2. The minimum Gasteiger partial charge on any atom is -0.494 e. The van der Waals surface area contributed by atoms with Crippen LogP contribution in [0.25, 0.3) is 17.0 Å². The zero-order valence-electron chi connectivity index (χ0n) is 21.0. The van der Waals surface area contributed by atoms with Crippen LogP contribution in [0.3, 0.4) is 0 Å². The Kier molecular flexibility index (Phi) is 8.76. The maximum Gasteiger partial charge on any atom is 0.356 e. The Morgan fingerprint density at radius 2 is 1.75 bits per heavy atom. The van der Waals surface area contributed by atoms with Crippen molar-refractivity contribution in [3.8, 4) is 5.75 Å². The lowest BCUT2D eigenvalue weighted by atomic mass is 10.2. The second-order valence-corrected chi connectivity index (χ2v) is 8.67. The molecule has 2 heterocycles. The first kappa shape index (κ1) is 25.5. The lowest BCUT2D eigenvalue weighted by Crippen LogP contribution is -2.48. The van der Waals surface area contributed by atoms with Crippen molar-refractivity contribution in [1.29, 1.82) is 0 Å². The van der Waals surface area contributed by atoms with Gasteiger partial charge in [0.25, 0.3) is 0 Å². The summed E-state index contributed by atoms with van der Waals surface area (Å²) in [5.41, 5.74) is 2.60. The maximum atomic E-state index is 13.0. The molecule has 0 bridgehead atoms. The largest absolute Gasteiger partial charge is 0.494 e. The molecule has 8 nitrogen and oxygen atoms in total. The van der Waals surface area contributed by atoms with Gasteiger partial charge in [-0.2, -0.15) is 0 Å². The van der Waals surface area contributed by atoms with Gasteiger partial charge in [-0.25, -0.2) is 4.79 Å². The number of rotatable bonds is 10. The molecule has 0 radical (unpaired) electrons. The summed E-state index contributed by atoms with van der Waals surface area (Å²) in [6.07, 6.45) is 4.32. The Hall–Kier alpha value is -3.62. The Bertz CT molecular complexity index is 1200. The zero-order valence-corrected chi connectivity index (χ0v) is 21.0. The first-order chi connectivity index (χ1) is 17.6. The standard InChI is InChI=1S/C28H34N4O4/c1-3-35-22-12-13-24-23(19-22)26(27(29-24)28(34)36-4-2)30-25(33)20-32-17-15-31(16-18-32)14-8-11-21-9-6-5-7-10-21/h5-13,19,29H,3-4,14-18,20H2,1-2H3,(H,30,33)/b11-8+. The van der Waals surface area contributed by atoms with Crippen molar-refractivity contribution in [2.45, 2.75) is 13.8 Å². The van der Waals surface area contributed by atoms with Gasteiger partial charge < -0.3 is 19.8 Å². The zero-order chi connectivity index (χ0) is 25.3. The van der Waals surface area contributed by atoms with E-state index in [0.717, 1.165) is 38.2 Å². The summed E-state index contributed by atoms with van der Waals surface area (Å²) in [6.45, 7) is 8.97. The van der Waals surface area contributed by atoms with E-state index in [1.165, 1.54) is 5.56 Å². The number of anilines is 1. The summed E-state index contributed by atoms with van der Waals surface area (Å²) >= 11 is 0. The molecular weight excluding hydrogens is 456 g/mol. The topological polar surface area (TPSA) is 86.9 Å². The van der Waals surface area contributed by atoms with Crippen LogP contribution in [0.2, 0.25) is 0 Å². The fourth-order valence-corrected chi connectivity index (χ4v) is 4.33. The van der Waals surface area contributed by atoms with Gasteiger partial charge in [0.15, 0.2) is 0 Å². The van der Waals surface area contributed by atoms with E-state index in [1.54, 1.807) is 6.92 Å². The Morgan fingerprint density at radius 1 is 1.00 bits per heavy atom. The number of ether oxygens (including phenoxy) is 2. The minimum atomic E-state index is -0.501. The van der Waals surface area contributed by atoms with Gasteiger partial charge in [0, 0.05) is 43.6 Å². The summed E-state index contributed by atoms with van der Waals surface area (Å²) in [5.74, 6) is 0.00663. The van der Waals surface area contributed by atoms with Crippen LogP contribution in [0.4, 0.5) is 5.69 Å². The molecule has 0 saturated carbocycles. The van der Waals surface area contributed by atoms with E-state index in [1.807, 2.05) is 43.3 Å². The average Bonchev–Trinajstić information content (AvgIpc) is 3.24. The number of nitrogens with zero attached hydrogens (tertiary/aromatic N) is 2. The van der Waals surface area contributed by atoms with E-state index < -0.39 is 5.97 Å². The fraction of sp³-hybridized carbons (Fsp3) is 0.357. The van der Waals surface area contributed by atoms with Crippen LogP contribution in [0, 0.1) is 0 Å². The molecule has 1 aliphatic heterocycles. The SMILES string of the molecule is CCOC(=O)c1[nH]c2ccc(OCC)cc2c1NC(=O)CN1CCN(C/C=C/c2ccccc2)CC1. The molecule has 1 fully saturated rings. The van der Waals surface area contributed by atoms with Gasteiger partial charge in [-0.15, -0.1) is 0 Å². The number of aromatic amines is 1. The van der Waals surface area contributed by atoms with Gasteiger partial charge in [0.05, 0.1) is 25.4 Å². The Labute approximate surface area is 211 Å². The highest BCUT2D eigenvalue weighted by Crippen LogP contribution is 2.31. The van der Waals surface area contributed by atoms with Crippen LogP contribution in [-0.4, -0.2) is 79.1 Å². The van der Waals surface area contributed by atoms with Crippen molar-refractivity contribution >= 4 is 34.5 Å². The quantitative estimate of drug-likeness (QED) is 0.418. The molecule has 2 aromatic carbocycles. The molecule has 190 valence electrons. The van der Waals surface area contributed by atoms with Gasteiger partial charge in [0.1, 0.15) is 11.4 Å². The molecule has 3 aromatic rings. The Balaban J connectivity index is 1.36. The lowest BCUT2D eigenvalue weighted by Gasteiger charge is -2.33. The number of benzene rings is 2. The molecule has 1 amide bonds. The first-order valence-corrected chi connectivity index (χ1v) is 12.5. The number of esters is 1. The number of hydrogen-bond donors (Lipinski definition) is 2. The van der Waals surface area contributed by atoms with Crippen LogP contribution >= 0.6 is 0 Å². The van der Waals surface area contributed by atoms with Gasteiger partial charge in [-0.1, -0.05) is 42.5 Å². The number of H-pyrrole nitrogens is 1. The third-order valence-electron chi connectivity index (χ3n) is 6.13. The van der Waals surface area contributed by atoms with Crippen molar-refractivity contribution in [2.75, 3.05) is 57.8 Å². The van der Waals surface area contributed by atoms with Crippen LogP contribution in [0.15, 0.2) is 54.6 Å². The van der Waals surface area contributed by atoms with Gasteiger partial charge in [-0.05, 0) is 37.6 Å². The van der Waals surface area contributed by atoms with Crippen LogP contribution in [-0.2, 0) is 9.53 Å². The number of carbonyl (C=O) groups excluding carboxylic acids is 2. The highest BCUT2D eigenvalue weighted by atomic mass is 16.5. The minimum absolute atomic E-state index is 0.166. The van der Waals surface area contributed by atoms with Crippen molar-refractivity contribution < 1.29 is 19.1 Å². The summed E-state index contributed by atoms with van der Waals surface area (Å²) < 4.78 is 10.8. The highest BCUT2D eigenvalue weighted by molar-refractivity contribution is 6.11. The molecule has 4 rings (SSSR count). The number of amides is 1. The predicted octanol–water partition coefficient (Wildman–Crippen LogP) is 4.01. The van der Waals surface area contributed by atoms with Crippen molar-refractivity contribution in [2.24, 2.45) is 0 Å². The molecule has 2 N–H and O–H groups in total. The number of carbonyl (C=O) groups is 2. The second-order valence-electron chi connectivity index (χ2n) is 8.67. The third kappa shape index (κ3) is 6.53. The molecule has 0 aliphatic carbocycles. The van der Waals surface area contributed by atoms with Crippen LogP contribution < -0.4 is 10.1 Å². The maximum absolute atomic E-state index is 13.0.